The Hall–Kier alpha value is -1.10. The third-order valence-corrected chi connectivity index (χ3v) is 3.63. The fourth-order valence-electron chi connectivity index (χ4n) is 2.63. The largest absolute Gasteiger partial charge is 0.393 e. The second-order valence-electron chi connectivity index (χ2n) is 5.09. The molecule has 1 saturated heterocycles. The van der Waals surface area contributed by atoms with E-state index in [4.69, 9.17) is 0 Å². The van der Waals surface area contributed by atoms with E-state index in [9.17, 15) is 14.7 Å². The van der Waals surface area contributed by atoms with E-state index in [-0.39, 0.29) is 24.0 Å². The molecule has 0 spiro atoms. The quantitative estimate of drug-likeness (QED) is 0.646. The molecule has 3 atom stereocenters. The van der Waals surface area contributed by atoms with Crippen molar-refractivity contribution in [2.24, 2.45) is 5.92 Å². The first kappa shape index (κ1) is 12.4. The van der Waals surface area contributed by atoms with Crippen LogP contribution in [-0.2, 0) is 9.59 Å². The van der Waals surface area contributed by atoms with Gasteiger partial charge in [0.15, 0.2) is 0 Å². The molecule has 96 valence electrons. The third kappa shape index (κ3) is 3.43. The van der Waals surface area contributed by atoms with Crippen molar-refractivity contribution >= 4 is 11.8 Å². The smallest absolute Gasteiger partial charge is 0.242 e. The Kier molecular flexibility index (Phi) is 3.99. The Bertz CT molecular complexity index is 306. The molecule has 2 aliphatic rings. The van der Waals surface area contributed by atoms with Crippen LogP contribution in [0.3, 0.4) is 0 Å². The molecule has 1 saturated carbocycles. The molecular formula is C12H20N2O3. The summed E-state index contributed by atoms with van der Waals surface area (Å²) >= 11 is 0. The summed E-state index contributed by atoms with van der Waals surface area (Å²) in [7, 11) is 0. The van der Waals surface area contributed by atoms with Crippen LogP contribution in [0.15, 0.2) is 0 Å². The van der Waals surface area contributed by atoms with Gasteiger partial charge in [-0.05, 0) is 31.6 Å². The number of hydrogen-bond donors (Lipinski definition) is 3. The average Bonchev–Trinajstić information content (AvgIpc) is 2.73. The molecule has 5 nitrogen and oxygen atoms in total. The normalized spacial score (nSPS) is 33.2. The van der Waals surface area contributed by atoms with Crippen molar-refractivity contribution in [1.29, 1.82) is 0 Å². The van der Waals surface area contributed by atoms with Gasteiger partial charge in [0.25, 0.3) is 0 Å². The molecule has 0 aromatic carbocycles. The fraction of sp³-hybridized carbons (Fsp3) is 0.833. The molecule has 2 fully saturated rings. The zero-order valence-electron chi connectivity index (χ0n) is 9.95. The van der Waals surface area contributed by atoms with E-state index in [2.05, 4.69) is 10.6 Å². The molecule has 0 bridgehead atoms. The van der Waals surface area contributed by atoms with Crippen molar-refractivity contribution < 1.29 is 14.7 Å². The first-order valence-electron chi connectivity index (χ1n) is 6.40. The van der Waals surface area contributed by atoms with Crippen molar-refractivity contribution in [1.82, 2.24) is 10.6 Å². The molecule has 1 aliphatic carbocycles. The van der Waals surface area contributed by atoms with Gasteiger partial charge in [-0.3, -0.25) is 9.59 Å². The summed E-state index contributed by atoms with van der Waals surface area (Å²) in [5.74, 6) is 0.244. The second kappa shape index (κ2) is 5.49. The number of hydrogen-bond acceptors (Lipinski definition) is 3. The lowest BCUT2D eigenvalue weighted by Gasteiger charge is -2.26. The Morgan fingerprint density at radius 1 is 1.41 bits per heavy atom. The summed E-state index contributed by atoms with van der Waals surface area (Å²) in [6, 6.07) is -0.351. The van der Waals surface area contributed by atoms with Crippen LogP contribution >= 0.6 is 0 Å². The van der Waals surface area contributed by atoms with Gasteiger partial charge in [0.1, 0.15) is 6.04 Å². The van der Waals surface area contributed by atoms with Crippen LogP contribution < -0.4 is 10.6 Å². The standard InChI is InChI=1S/C12H20N2O3/c15-9-3-1-2-8(6-9)7-13-12(17)10-4-5-11(16)14-10/h8-10,15H,1-7H2,(H,13,17)(H,14,16). The Balaban J connectivity index is 1.70. The van der Waals surface area contributed by atoms with E-state index < -0.39 is 0 Å². The molecule has 2 rings (SSSR count). The van der Waals surface area contributed by atoms with Crippen LogP contribution in [0.25, 0.3) is 0 Å². The lowest BCUT2D eigenvalue weighted by Crippen LogP contribution is -2.43. The minimum atomic E-state index is -0.351. The van der Waals surface area contributed by atoms with E-state index in [1.54, 1.807) is 0 Å². The van der Waals surface area contributed by atoms with Gasteiger partial charge in [-0.1, -0.05) is 6.42 Å². The highest BCUT2D eigenvalue weighted by molar-refractivity contribution is 5.90. The van der Waals surface area contributed by atoms with Crippen molar-refractivity contribution in [3.8, 4) is 0 Å². The van der Waals surface area contributed by atoms with Gasteiger partial charge in [-0.25, -0.2) is 0 Å². The van der Waals surface area contributed by atoms with Gasteiger partial charge < -0.3 is 15.7 Å². The number of aliphatic hydroxyl groups excluding tert-OH is 1. The topological polar surface area (TPSA) is 78.4 Å². The molecule has 0 radical (unpaired) electrons. The maximum Gasteiger partial charge on any atom is 0.242 e. The number of rotatable bonds is 3. The summed E-state index contributed by atoms with van der Waals surface area (Å²) in [5.41, 5.74) is 0. The summed E-state index contributed by atoms with van der Waals surface area (Å²) in [4.78, 5) is 22.7. The summed E-state index contributed by atoms with van der Waals surface area (Å²) in [6.45, 7) is 0.613. The maximum atomic E-state index is 11.7. The number of nitrogens with one attached hydrogen (secondary N) is 2. The number of carbonyl (C=O) groups is 2. The SMILES string of the molecule is O=C1CCC(C(=O)NCC2CCCC(O)C2)N1. The minimum Gasteiger partial charge on any atom is -0.393 e. The van der Waals surface area contributed by atoms with E-state index >= 15 is 0 Å². The molecule has 0 aromatic heterocycles. The zero-order valence-corrected chi connectivity index (χ0v) is 9.95. The predicted molar refractivity (Wildman–Crippen MR) is 62.1 cm³/mol. The van der Waals surface area contributed by atoms with E-state index in [1.807, 2.05) is 0 Å². The first-order valence-corrected chi connectivity index (χ1v) is 6.40. The molecule has 3 unspecified atom stereocenters. The third-order valence-electron chi connectivity index (χ3n) is 3.63. The van der Waals surface area contributed by atoms with Gasteiger partial charge in [-0.15, -0.1) is 0 Å². The molecule has 2 amide bonds. The van der Waals surface area contributed by atoms with Crippen LogP contribution in [0.1, 0.15) is 38.5 Å². The molecule has 17 heavy (non-hydrogen) atoms. The van der Waals surface area contributed by atoms with Crippen molar-refractivity contribution in [2.75, 3.05) is 6.54 Å². The second-order valence-corrected chi connectivity index (χ2v) is 5.09. The summed E-state index contributed by atoms with van der Waals surface area (Å²) < 4.78 is 0. The van der Waals surface area contributed by atoms with E-state index in [1.165, 1.54) is 0 Å². The van der Waals surface area contributed by atoms with Gasteiger partial charge >= 0.3 is 0 Å². The molecular weight excluding hydrogens is 220 g/mol. The van der Waals surface area contributed by atoms with Gasteiger partial charge in [0.2, 0.25) is 11.8 Å². The van der Waals surface area contributed by atoms with Crippen molar-refractivity contribution in [3.63, 3.8) is 0 Å². The molecule has 5 heteroatoms. The summed E-state index contributed by atoms with van der Waals surface area (Å²) in [6.07, 6.45) is 4.58. The van der Waals surface area contributed by atoms with Crippen LogP contribution in [0.4, 0.5) is 0 Å². The van der Waals surface area contributed by atoms with E-state index in [0.29, 0.717) is 25.3 Å². The van der Waals surface area contributed by atoms with Crippen LogP contribution in [0, 0.1) is 5.92 Å². The number of aliphatic hydroxyl groups is 1. The highest BCUT2D eigenvalue weighted by Gasteiger charge is 2.28. The molecule has 0 aromatic rings. The van der Waals surface area contributed by atoms with Gasteiger partial charge in [0, 0.05) is 13.0 Å². The number of amides is 2. The summed E-state index contributed by atoms with van der Waals surface area (Å²) in [5, 5.41) is 15.0. The Morgan fingerprint density at radius 2 is 2.24 bits per heavy atom. The van der Waals surface area contributed by atoms with Crippen LogP contribution in [0.5, 0.6) is 0 Å². The number of carbonyl (C=O) groups excluding carboxylic acids is 2. The average molecular weight is 240 g/mol. The van der Waals surface area contributed by atoms with Gasteiger partial charge in [0.05, 0.1) is 6.10 Å². The predicted octanol–water partition coefficient (Wildman–Crippen LogP) is -0.0677. The first-order chi connectivity index (χ1) is 8.15. The fourth-order valence-corrected chi connectivity index (χ4v) is 2.63. The molecule has 3 N–H and O–H groups in total. The van der Waals surface area contributed by atoms with Crippen molar-refractivity contribution in [2.45, 2.75) is 50.7 Å². The minimum absolute atomic E-state index is 0.0433. The van der Waals surface area contributed by atoms with Crippen LogP contribution in [-0.4, -0.2) is 35.6 Å². The molecule has 1 heterocycles. The highest BCUT2D eigenvalue weighted by Crippen LogP contribution is 2.23. The lowest BCUT2D eigenvalue weighted by atomic mass is 9.87. The Labute approximate surface area is 101 Å². The maximum absolute atomic E-state index is 11.7. The van der Waals surface area contributed by atoms with Gasteiger partial charge in [-0.2, -0.15) is 0 Å². The van der Waals surface area contributed by atoms with E-state index in [0.717, 1.165) is 25.7 Å². The van der Waals surface area contributed by atoms with Crippen LogP contribution in [0.2, 0.25) is 0 Å². The zero-order chi connectivity index (χ0) is 12.3. The molecule has 1 aliphatic heterocycles. The highest BCUT2D eigenvalue weighted by atomic mass is 16.3. The van der Waals surface area contributed by atoms with Crippen molar-refractivity contribution in [3.05, 3.63) is 0 Å². The monoisotopic (exact) mass is 240 g/mol. The lowest BCUT2D eigenvalue weighted by molar-refractivity contribution is -0.126. The Morgan fingerprint density at radius 3 is 2.88 bits per heavy atom.